The lowest BCUT2D eigenvalue weighted by molar-refractivity contribution is -0.168. The Bertz CT molecular complexity index is 751. The fourth-order valence-corrected chi connectivity index (χ4v) is 3.72. The minimum atomic E-state index is -0.640. The van der Waals surface area contributed by atoms with Gasteiger partial charge in [-0.2, -0.15) is 0 Å². The predicted octanol–water partition coefficient (Wildman–Crippen LogP) is 3.96. The van der Waals surface area contributed by atoms with Crippen molar-refractivity contribution in [1.29, 1.82) is 0 Å². The monoisotopic (exact) mass is 402 g/mol. The maximum Gasteiger partial charge on any atom is 0.335 e. The number of carbonyl (C=O) groups excluding carboxylic acids is 2. The standard InChI is InChI=1S/C23H30O6/c1-5-16-6-8-17(9-7-16)29-21-13-26-20-12-18(10-11-19(20)22(21)24)28-15(4)23(25)27-14(2)3/h6-9,13-15,18-20H,5,10-12H2,1-4H3. The third kappa shape index (κ3) is 5.38. The average molecular weight is 402 g/mol. The van der Waals surface area contributed by atoms with Crippen LogP contribution in [0.1, 0.15) is 52.5 Å². The van der Waals surface area contributed by atoms with Gasteiger partial charge in [0, 0.05) is 6.42 Å². The van der Waals surface area contributed by atoms with E-state index < -0.39 is 6.10 Å². The first kappa shape index (κ1) is 21.4. The van der Waals surface area contributed by atoms with Gasteiger partial charge in [0.15, 0.2) is 6.10 Å². The number of aryl methyl sites for hydroxylation is 1. The van der Waals surface area contributed by atoms with E-state index in [0.717, 1.165) is 6.42 Å². The summed E-state index contributed by atoms with van der Waals surface area (Å²) in [4.78, 5) is 24.8. The van der Waals surface area contributed by atoms with E-state index in [9.17, 15) is 9.59 Å². The van der Waals surface area contributed by atoms with Crippen LogP contribution < -0.4 is 4.74 Å². The molecule has 6 heteroatoms. The molecular formula is C23H30O6. The fourth-order valence-electron chi connectivity index (χ4n) is 3.72. The van der Waals surface area contributed by atoms with Gasteiger partial charge < -0.3 is 18.9 Å². The van der Waals surface area contributed by atoms with Gasteiger partial charge in [-0.05, 0) is 57.7 Å². The number of esters is 1. The lowest BCUT2D eigenvalue weighted by Gasteiger charge is -2.37. The number of Topliss-reactive ketones (excluding diaryl/α,β-unsaturated/α-hetero) is 1. The van der Waals surface area contributed by atoms with Crippen LogP contribution in [0.15, 0.2) is 36.3 Å². The molecule has 0 bridgehead atoms. The Hall–Kier alpha value is -2.34. The molecule has 158 valence electrons. The second-order valence-electron chi connectivity index (χ2n) is 7.93. The van der Waals surface area contributed by atoms with Crippen molar-refractivity contribution in [2.45, 2.75) is 77.8 Å². The van der Waals surface area contributed by atoms with Gasteiger partial charge in [0.2, 0.25) is 11.5 Å². The van der Waals surface area contributed by atoms with Gasteiger partial charge in [0.25, 0.3) is 0 Å². The van der Waals surface area contributed by atoms with E-state index >= 15 is 0 Å². The van der Waals surface area contributed by atoms with Crippen molar-refractivity contribution in [3.05, 3.63) is 41.9 Å². The van der Waals surface area contributed by atoms with Gasteiger partial charge in [0.1, 0.15) is 18.1 Å². The van der Waals surface area contributed by atoms with Crippen LogP contribution in [-0.4, -0.2) is 36.2 Å². The molecule has 6 nitrogen and oxygen atoms in total. The molecule has 29 heavy (non-hydrogen) atoms. The zero-order chi connectivity index (χ0) is 21.0. The molecule has 0 radical (unpaired) electrons. The Balaban J connectivity index is 1.57. The average Bonchev–Trinajstić information content (AvgIpc) is 2.70. The summed E-state index contributed by atoms with van der Waals surface area (Å²) in [6.45, 7) is 7.40. The second kappa shape index (κ2) is 9.44. The minimum Gasteiger partial charge on any atom is -0.493 e. The summed E-state index contributed by atoms with van der Waals surface area (Å²) in [5.41, 5.74) is 1.21. The number of hydrogen-bond donors (Lipinski definition) is 0. The van der Waals surface area contributed by atoms with E-state index in [4.69, 9.17) is 18.9 Å². The molecule has 0 spiro atoms. The third-order valence-corrected chi connectivity index (χ3v) is 5.31. The number of fused-ring (bicyclic) bond motifs is 1. The number of ketones is 1. The summed E-state index contributed by atoms with van der Waals surface area (Å²) in [5, 5.41) is 0. The molecule has 0 saturated heterocycles. The molecule has 1 saturated carbocycles. The molecule has 2 aliphatic rings. The van der Waals surface area contributed by atoms with Crippen LogP contribution in [0.2, 0.25) is 0 Å². The Kier molecular flexibility index (Phi) is 6.96. The maximum atomic E-state index is 12.9. The number of ether oxygens (including phenoxy) is 4. The number of carbonyl (C=O) groups is 2. The molecular weight excluding hydrogens is 372 g/mol. The summed E-state index contributed by atoms with van der Waals surface area (Å²) < 4.78 is 22.6. The number of rotatable bonds is 7. The number of hydrogen-bond acceptors (Lipinski definition) is 6. The topological polar surface area (TPSA) is 71.1 Å². The third-order valence-electron chi connectivity index (χ3n) is 5.31. The van der Waals surface area contributed by atoms with Gasteiger partial charge in [-0.15, -0.1) is 0 Å². The molecule has 0 N–H and O–H groups in total. The van der Waals surface area contributed by atoms with E-state index in [1.54, 1.807) is 6.92 Å². The van der Waals surface area contributed by atoms with E-state index in [2.05, 4.69) is 6.92 Å². The lowest BCUT2D eigenvalue weighted by Crippen LogP contribution is -2.44. The molecule has 1 fully saturated rings. The molecule has 1 aromatic rings. The van der Waals surface area contributed by atoms with Crippen LogP contribution in [0.3, 0.4) is 0 Å². The van der Waals surface area contributed by atoms with Gasteiger partial charge in [-0.25, -0.2) is 4.79 Å². The van der Waals surface area contributed by atoms with Gasteiger partial charge in [-0.1, -0.05) is 19.1 Å². The van der Waals surface area contributed by atoms with Gasteiger partial charge in [0.05, 0.1) is 18.1 Å². The van der Waals surface area contributed by atoms with Crippen LogP contribution in [0.25, 0.3) is 0 Å². The molecule has 0 amide bonds. The predicted molar refractivity (Wildman–Crippen MR) is 107 cm³/mol. The van der Waals surface area contributed by atoms with Crippen LogP contribution in [0.5, 0.6) is 5.75 Å². The largest absolute Gasteiger partial charge is 0.493 e. The molecule has 1 aromatic carbocycles. The van der Waals surface area contributed by atoms with Crippen LogP contribution in [0, 0.1) is 5.92 Å². The quantitative estimate of drug-likeness (QED) is 0.643. The van der Waals surface area contributed by atoms with Crippen molar-refractivity contribution >= 4 is 11.8 Å². The normalized spacial score (nSPS) is 24.9. The Morgan fingerprint density at radius 1 is 1.17 bits per heavy atom. The van der Waals surface area contributed by atoms with Crippen molar-refractivity contribution in [3.63, 3.8) is 0 Å². The lowest BCUT2D eigenvalue weighted by atomic mass is 9.80. The summed E-state index contributed by atoms with van der Waals surface area (Å²) in [5.74, 6) is 0.212. The number of benzene rings is 1. The maximum absolute atomic E-state index is 12.9. The van der Waals surface area contributed by atoms with Crippen LogP contribution in [-0.2, 0) is 30.2 Å². The summed E-state index contributed by atoms with van der Waals surface area (Å²) in [7, 11) is 0. The van der Waals surface area contributed by atoms with Crippen LogP contribution in [0.4, 0.5) is 0 Å². The molecule has 1 heterocycles. The SMILES string of the molecule is CCc1ccc(OC2=COC3CC(OC(C)C(=O)OC(C)C)CCC3C2=O)cc1. The van der Waals surface area contributed by atoms with Crippen molar-refractivity contribution < 1.29 is 28.5 Å². The number of allylic oxidation sites excluding steroid dienone is 1. The van der Waals surface area contributed by atoms with E-state index in [0.29, 0.717) is 25.0 Å². The van der Waals surface area contributed by atoms with Crippen molar-refractivity contribution in [2.24, 2.45) is 5.92 Å². The van der Waals surface area contributed by atoms with Gasteiger partial charge in [-0.3, -0.25) is 4.79 Å². The molecule has 1 aliphatic carbocycles. The van der Waals surface area contributed by atoms with Gasteiger partial charge >= 0.3 is 5.97 Å². The highest BCUT2D eigenvalue weighted by Gasteiger charge is 2.42. The Morgan fingerprint density at radius 2 is 1.90 bits per heavy atom. The fraction of sp³-hybridized carbons (Fsp3) is 0.565. The van der Waals surface area contributed by atoms with Crippen molar-refractivity contribution in [2.75, 3.05) is 0 Å². The highest BCUT2D eigenvalue weighted by atomic mass is 16.6. The highest BCUT2D eigenvalue weighted by molar-refractivity contribution is 5.96. The Labute approximate surface area is 172 Å². The molecule has 4 atom stereocenters. The zero-order valence-electron chi connectivity index (χ0n) is 17.6. The van der Waals surface area contributed by atoms with E-state index in [-0.39, 0.29) is 41.7 Å². The first-order valence-corrected chi connectivity index (χ1v) is 10.4. The first-order valence-electron chi connectivity index (χ1n) is 10.4. The van der Waals surface area contributed by atoms with E-state index in [1.807, 2.05) is 38.1 Å². The van der Waals surface area contributed by atoms with Crippen molar-refractivity contribution in [1.82, 2.24) is 0 Å². The smallest absolute Gasteiger partial charge is 0.335 e. The zero-order valence-corrected chi connectivity index (χ0v) is 17.6. The van der Waals surface area contributed by atoms with E-state index in [1.165, 1.54) is 11.8 Å². The highest BCUT2D eigenvalue weighted by Crippen LogP contribution is 2.35. The first-order chi connectivity index (χ1) is 13.9. The molecule has 4 unspecified atom stereocenters. The molecule has 0 aromatic heterocycles. The summed E-state index contributed by atoms with van der Waals surface area (Å²) in [6, 6.07) is 7.70. The van der Waals surface area contributed by atoms with Crippen molar-refractivity contribution in [3.8, 4) is 5.75 Å². The summed E-state index contributed by atoms with van der Waals surface area (Å²) in [6.07, 6.45) is 3.03. The summed E-state index contributed by atoms with van der Waals surface area (Å²) >= 11 is 0. The second-order valence-corrected chi connectivity index (χ2v) is 7.93. The minimum absolute atomic E-state index is 0.0356. The van der Waals surface area contributed by atoms with Crippen LogP contribution >= 0.6 is 0 Å². The molecule has 3 rings (SSSR count). The Morgan fingerprint density at radius 3 is 2.55 bits per heavy atom. The molecule has 1 aliphatic heterocycles.